The van der Waals surface area contributed by atoms with Gasteiger partial charge in [-0.2, -0.15) is 0 Å². The van der Waals surface area contributed by atoms with E-state index in [1.54, 1.807) is 0 Å². The molecular weight excluding hydrogens is 128 g/mol. The number of hydrogen-bond acceptors (Lipinski definition) is 1. The molecular formula is C8H8S. The molecule has 0 spiro atoms. The van der Waals surface area contributed by atoms with Gasteiger partial charge in [0.2, 0.25) is 0 Å². The maximum atomic E-state index is 2.28. The van der Waals surface area contributed by atoms with Crippen molar-refractivity contribution in [3.63, 3.8) is 0 Å². The van der Waals surface area contributed by atoms with Gasteiger partial charge in [-0.05, 0) is 30.2 Å². The second kappa shape index (κ2) is 1.71. The van der Waals surface area contributed by atoms with Crippen LogP contribution < -0.4 is 0 Å². The zero-order chi connectivity index (χ0) is 6.27. The predicted octanol–water partition coefficient (Wildman–Crippen LogP) is 2.90. The van der Waals surface area contributed by atoms with Crippen molar-refractivity contribution in [3.8, 4) is 0 Å². The summed E-state index contributed by atoms with van der Waals surface area (Å²) in [6, 6.07) is 6.66. The van der Waals surface area contributed by atoms with Gasteiger partial charge in [0.15, 0.2) is 0 Å². The molecule has 2 aromatic rings. The third-order valence-corrected chi connectivity index (χ3v) is 2.75. The molecule has 1 heteroatoms. The Kier molecular flexibility index (Phi) is 0.995. The zero-order valence-corrected chi connectivity index (χ0v) is 6.16. The Morgan fingerprint density at radius 1 is 1.44 bits per heavy atom. The monoisotopic (exact) mass is 136 g/mol. The van der Waals surface area contributed by atoms with Gasteiger partial charge in [-0.15, -0.1) is 11.3 Å². The number of benzene rings is 1. The Bertz CT molecular complexity index is 295. The predicted molar refractivity (Wildman–Crippen MR) is 42.4 cm³/mol. The standard InChI is InChI=1S/C8H8S/c1-2-6-5-7-3-4-8(6)9-7/h3-5H,2H2,1H3. The lowest BCUT2D eigenvalue weighted by molar-refractivity contribution is 1.17. The van der Waals surface area contributed by atoms with E-state index in [0.29, 0.717) is 0 Å². The molecule has 2 aromatic heterocycles. The van der Waals surface area contributed by atoms with E-state index < -0.39 is 0 Å². The largest absolute Gasteiger partial charge is 0.136 e. The third-order valence-electron chi connectivity index (χ3n) is 1.64. The Labute approximate surface area is 58.5 Å². The fourth-order valence-electron chi connectivity index (χ4n) is 1.12. The van der Waals surface area contributed by atoms with Crippen LogP contribution in [-0.4, -0.2) is 0 Å². The SMILES string of the molecule is CCc1cc2ccc1s2. The van der Waals surface area contributed by atoms with E-state index in [1.165, 1.54) is 21.4 Å². The summed E-state index contributed by atoms with van der Waals surface area (Å²) in [5.41, 5.74) is 1.51. The fraction of sp³-hybridized carbons (Fsp3) is 0.250. The second-order valence-electron chi connectivity index (χ2n) is 2.23. The van der Waals surface area contributed by atoms with Crippen LogP contribution in [0.2, 0.25) is 0 Å². The van der Waals surface area contributed by atoms with Gasteiger partial charge in [-0.1, -0.05) is 6.92 Å². The van der Waals surface area contributed by atoms with Gasteiger partial charge in [-0.25, -0.2) is 0 Å². The molecule has 0 saturated heterocycles. The first-order chi connectivity index (χ1) is 4.40. The summed E-state index contributed by atoms with van der Waals surface area (Å²) in [7, 11) is 0. The quantitative estimate of drug-likeness (QED) is 0.565. The lowest BCUT2D eigenvalue weighted by atomic mass is 10.2. The van der Waals surface area contributed by atoms with Gasteiger partial charge < -0.3 is 0 Å². The van der Waals surface area contributed by atoms with Gasteiger partial charge in [-0.3, -0.25) is 0 Å². The number of rotatable bonds is 1. The first kappa shape index (κ1) is 5.24. The second-order valence-corrected chi connectivity index (χ2v) is 3.34. The molecule has 0 aromatic carbocycles. The van der Waals surface area contributed by atoms with Crippen LogP contribution in [0.25, 0.3) is 9.40 Å². The molecule has 2 rings (SSSR count). The van der Waals surface area contributed by atoms with Gasteiger partial charge in [0.1, 0.15) is 0 Å². The van der Waals surface area contributed by atoms with Crippen LogP contribution in [0.1, 0.15) is 12.5 Å². The van der Waals surface area contributed by atoms with E-state index in [1.807, 2.05) is 11.3 Å². The van der Waals surface area contributed by atoms with Gasteiger partial charge in [0.05, 0.1) is 0 Å². The molecule has 0 fully saturated rings. The van der Waals surface area contributed by atoms with E-state index >= 15 is 0 Å². The topological polar surface area (TPSA) is 0 Å². The molecule has 0 aliphatic carbocycles. The van der Waals surface area contributed by atoms with Crippen LogP contribution >= 0.6 is 11.3 Å². The summed E-state index contributed by atoms with van der Waals surface area (Å²) < 4.78 is 2.88. The Morgan fingerprint density at radius 2 is 2.33 bits per heavy atom. The normalized spacial score (nSPS) is 11.2. The minimum Gasteiger partial charge on any atom is -0.136 e. The molecule has 0 atom stereocenters. The van der Waals surface area contributed by atoms with Crippen LogP contribution in [0.15, 0.2) is 18.2 Å². The number of hydrogen-bond donors (Lipinski definition) is 0. The third kappa shape index (κ3) is 0.648. The van der Waals surface area contributed by atoms with Crippen LogP contribution in [0.5, 0.6) is 0 Å². The molecule has 46 valence electrons. The molecule has 0 N–H and O–H groups in total. The highest BCUT2D eigenvalue weighted by atomic mass is 32.1. The van der Waals surface area contributed by atoms with E-state index in [9.17, 15) is 0 Å². The van der Waals surface area contributed by atoms with Crippen LogP contribution in [-0.2, 0) is 6.42 Å². The van der Waals surface area contributed by atoms with Crippen molar-refractivity contribution < 1.29 is 0 Å². The molecule has 0 saturated carbocycles. The average Bonchev–Trinajstić information content (AvgIpc) is 2.45. The maximum Gasteiger partial charge on any atom is 0.0309 e. The highest BCUT2D eigenvalue weighted by Crippen LogP contribution is 2.28. The van der Waals surface area contributed by atoms with E-state index in [0.717, 1.165) is 0 Å². The average molecular weight is 136 g/mol. The van der Waals surface area contributed by atoms with Crippen LogP contribution in [0.4, 0.5) is 0 Å². The first-order valence-corrected chi connectivity index (χ1v) is 4.02. The molecule has 0 nitrogen and oxygen atoms in total. The number of thiophene rings is 2. The summed E-state index contributed by atoms with van der Waals surface area (Å²) in [4.78, 5) is 0. The summed E-state index contributed by atoms with van der Waals surface area (Å²) in [5.74, 6) is 0. The lowest BCUT2D eigenvalue weighted by Gasteiger charge is -1.87. The molecule has 0 aliphatic heterocycles. The van der Waals surface area contributed by atoms with Crippen LogP contribution in [0.3, 0.4) is 0 Å². The lowest BCUT2D eigenvalue weighted by Crippen LogP contribution is -1.72. The van der Waals surface area contributed by atoms with Crippen LogP contribution in [0, 0.1) is 0 Å². The summed E-state index contributed by atoms with van der Waals surface area (Å²) in [6.45, 7) is 2.20. The van der Waals surface area contributed by atoms with Crippen molar-refractivity contribution in [1.29, 1.82) is 0 Å². The highest BCUT2D eigenvalue weighted by Gasteiger charge is 2.00. The van der Waals surface area contributed by atoms with Crippen molar-refractivity contribution >= 4 is 20.7 Å². The van der Waals surface area contributed by atoms with E-state index in [-0.39, 0.29) is 0 Å². The molecule has 0 amide bonds. The summed E-state index contributed by atoms with van der Waals surface area (Å²) >= 11 is 1.89. The minimum absolute atomic E-state index is 1.18. The molecule has 2 bridgehead atoms. The van der Waals surface area contributed by atoms with Crippen molar-refractivity contribution in [3.05, 3.63) is 23.8 Å². The molecule has 0 unspecified atom stereocenters. The molecule has 0 radical (unpaired) electrons. The fourth-order valence-corrected chi connectivity index (χ4v) is 2.18. The Morgan fingerprint density at radius 3 is 2.67 bits per heavy atom. The summed E-state index contributed by atoms with van der Waals surface area (Å²) in [5, 5.41) is 0. The molecule has 2 heterocycles. The number of fused-ring (bicyclic) bond motifs is 2. The minimum atomic E-state index is 1.18. The van der Waals surface area contributed by atoms with Gasteiger partial charge in [0, 0.05) is 9.40 Å². The van der Waals surface area contributed by atoms with Crippen molar-refractivity contribution in [2.45, 2.75) is 13.3 Å². The molecule has 9 heavy (non-hydrogen) atoms. The first-order valence-electron chi connectivity index (χ1n) is 3.21. The Hall–Kier alpha value is -0.560. The molecule has 0 aliphatic rings. The van der Waals surface area contributed by atoms with E-state index in [4.69, 9.17) is 0 Å². The number of aryl methyl sites for hydroxylation is 1. The van der Waals surface area contributed by atoms with Gasteiger partial charge >= 0.3 is 0 Å². The van der Waals surface area contributed by atoms with Crippen molar-refractivity contribution in [2.75, 3.05) is 0 Å². The Balaban J connectivity index is 2.72. The highest BCUT2D eigenvalue weighted by molar-refractivity contribution is 7.24. The van der Waals surface area contributed by atoms with Crippen molar-refractivity contribution in [1.82, 2.24) is 0 Å². The van der Waals surface area contributed by atoms with Crippen molar-refractivity contribution in [2.24, 2.45) is 0 Å². The maximum absolute atomic E-state index is 2.28. The summed E-state index contributed by atoms with van der Waals surface area (Å²) in [6.07, 6.45) is 1.18. The smallest absolute Gasteiger partial charge is 0.0309 e. The zero-order valence-electron chi connectivity index (χ0n) is 5.35. The van der Waals surface area contributed by atoms with Gasteiger partial charge in [0.25, 0.3) is 0 Å². The van der Waals surface area contributed by atoms with E-state index in [2.05, 4.69) is 25.1 Å².